The van der Waals surface area contributed by atoms with Gasteiger partial charge in [-0.1, -0.05) is 103 Å². The SMILES string of the molecule is NCC(=O)NCCOCCOCC(=O)NCCOCCOCC(=O)NC(CCCCNC(=O)CCCCCCCCCCCCCCCCCCCCC(=O)O)C(=O)O. The van der Waals surface area contributed by atoms with Crippen molar-refractivity contribution in [3.8, 4) is 0 Å². The van der Waals surface area contributed by atoms with Crippen molar-refractivity contribution in [2.45, 2.75) is 154 Å². The molecule has 0 aromatic heterocycles. The van der Waals surface area contributed by atoms with Gasteiger partial charge in [0.1, 0.15) is 19.3 Å². The Morgan fingerprint density at radius 1 is 0.424 bits per heavy atom. The second-order valence-electron chi connectivity index (χ2n) is 14.8. The number of carbonyl (C=O) groups excluding carboxylic acids is 4. The number of hydrogen-bond donors (Lipinski definition) is 7. The minimum Gasteiger partial charge on any atom is -0.481 e. The number of carboxylic acid groups (broad SMARTS) is 2. The molecule has 0 heterocycles. The fourth-order valence-corrected chi connectivity index (χ4v) is 6.09. The number of hydrogen-bond acceptors (Lipinski definition) is 11. The highest BCUT2D eigenvalue weighted by Crippen LogP contribution is 2.15. The minimum absolute atomic E-state index is 0.0139. The molecule has 0 radical (unpaired) electrons. The third-order valence-corrected chi connectivity index (χ3v) is 9.45. The van der Waals surface area contributed by atoms with Gasteiger partial charge in [-0.25, -0.2) is 4.79 Å². The van der Waals surface area contributed by atoms with Crippen molar-refractivity contribution < 1.29 is 57.9 Å². The fourth-order valence-electron chi connectivity index (χ4n) is 6.09. The molecule has 0 fully saturated rings. The quantitative estimate of drug-likeness (QED) is 0.0429. The zero-order valence-electron chi connectivity index (χ0n) is 35.9. The number of unbranched alkanes of at least 4 members (excludes halogenated alkanes) is 18. The molecule has 1 unspecified atom stereocenters. The summed E-state index contributed by atoms with van der Waals surface area (Å²) in [5, 5.41) is 28.7. The van der Waals surface area contributed by atoms with Gasteiger partial charge in [0.05, 0.1) is 46.2 Å². The lowest BCUT2D eigenvalue weighted by molar-refractivity contribution is -0.143. The largest absolute Gasteiger partial charge is 0.481 e. The lowest BCUT2D eigenvalue weighted by Crippen LogP contribution is -2.42. The maximum atomic E-state index is 12.2. The van der Waals surface area contributed by atoms with Crippen LogP contribution in [0, 0.1) is 0 Å². The molecule has 4 amide bonds. The van der Waals surface area contributed by atoms with E-state index in [1.165, 1.54) is 77.0 Å². The van der Waals surface area contributed by atoms with Crippen LogP contribution in [-0.4, -0.2) is 131 Å². The highest BCUT2D eigenvalue weighted by atomic mass is 16.5. The molecule has 1 atom stereocenters. The molecule has 0 rings (SSSR count). The van der Waals surface area contributed by atoms with Crippen LogP contribution in [0.4, 0.5) is 0 Å². The molecule has 0 aliphatic heterocycles. The van der Waals surface area contributed by atoms with E-state index in [1.54, 1.807) is 0 Å². The second-order valence-corrected chi connectivity index (χ2v) is 14.8. The topological polar surface area (TPSA) is 254 Å². The number of rotatable bonds is 45. The molecule has 0 aliphatic rings. The first-order valence-corrected chi connectivity index (χ1v) is 22.2. The van der Waals surface area contributed by atoms with Crippen molar-refractivity contribution in [1.82, 2.24) is 21.3 Å². The molecule has 0 aromatic rings. The van der Waals surface area contributed by atoms with Crippen molar-refractivity contribution in [2.24, 2.45) is 5.73 Å². The molecule has 0 spiro atoms. The summed E-state index contributed by atoms with van der Waals surface area (Å²) in [5.41, 5.74) is 5.18. The van der Waals surface area contributed by atoms with E-state index < -0.39 is 23.9 Å². The van der Waals surface area contributed by atoms with Gasteiger partial charge < -0.3 is 56.2 Å². The van der Waals surface area contributed by atoms with E-state index in [9.17, 15) is 33.9 Å². The van der Waals surface area contributed by atoms with Gasteiger partial charge in [0.2, 0.25) is 23.6 Å². The average Bonchev–Trinajstić information content (AvgIpc) is 3.21. The molecule has 17 heteroatoms. The summed E-state index contributed by atoms with van der Waals surface area (Å²) in [4.78, 5) is 69.3. The van der Waals surface area contributed by atoms with Crippen LogP contribution in [0.5, 0.6) is 0 Å². The van der Waals surface area contributed by atoms with Crippen LogP contribution >= 0.6 is 0 Å². The van der Waals surface area contributed by atoms with Gasteiger partial charge in [0.15, 0.2) is 0 Å². The molecule has 8 N–H and O–H groups in total. The van der Waals surface area contributed by atoms with Gasteiger partial charge in [0, 0.05) is 32.5 Å². The Kier molecular flexibility index (Phi) is 40.3. The van der Waals surface area contributed by atoms with Crippen LogP contribution < -0.4 is 27.0 Å². The van der Waals surface area contributed by atoms with Gasteiger partial charge in [-0.05, 0) is 32.1 Å². The van der Waals surface area contributed by atoms with Crippen molar-refractivity contribution in [3.05, 3.63) is 0 Å². The van der Waals surface area contributed by atoms with E-state index >= 15 is 0 Å². The molecule has 0 saturated carbocycles. The summed E-state index contributed by atoms with van der Waals surface area (Å²) in [5.74, 6) is -2.92. The van der Waals surface area contributed by atoms with E-state index in [4.69, 9.17) is 29.8 Å². The predicted octanol–water partition coefficient (Wildman–Crippen LogP) is 3.99. The second kappa shape index (κ2) is 42.7. The molecule has 0 saturated heterocycles. The third-order valence-electron chi connectivity index (χ3n) is 9.45. The number of amides is 4. The lowest BCUT2D eigenvalue weighted by Gasteiger charge is -2.15. The van der Waals surface area contributed by atoms with Crippen molar-refractivity contribution in [2.75, 3.05) is 79.0 Å². The molecule has 59 heavy (non-hydrogen) atoms. The van der Waals surface area contributed by atoms with Gasteiger partial charge >= 0.3 is 11.9 Å². The average molecular weight is 846 g/mol. The first-order valence-electron chi connectivity index (χ1n) is 22.2. The maximum absolute atomic E-state index is 12.2. The molecule has 344 valence electrons. The summed E-state index contributed by atoms with van der Waals surface area (Å²) in [7, 11) is 0. The van der Waals surface area contributed by atoms with E-state index in [2.05, 4.69) is 21.3 Å². The first kappa shape index (κ1) is 55.6. The van der Waals surface area contributed by atoms with Crippen molar-refractivity contribution in [3.63, 3.8) is 0 Å². The first-order chi connectivity index (χ1) is 28.6. The van der Waals surface area contributed by atoms with Crippen LogP contribution in [0.1, 0.15) is 148 Å². The molecule has 0 aliphatic carbocycles. The Morgan fingerprint density at radius 3 is 1.29 bits per heavy atom. The van der Waals surface area contributed by atoms with Gasteiger partial charge in [-0.2, -0.15) is 0 Å². The minimum atomic E-state index is -1.13. The van der Waals surface area contributed by atoms with E-state index in [0.717, 1.165) is 38.5 Å². The normalized spacial score (nSPS) is 11.5. The van der Waals surface area contributed by atoms with Crippen molar-refractivity contribution >= 4 is 35.6 Å². The van der Waals surface area contributed by atoms with Crippen LogP contribution in [0.25, 0.3) is 0 Å². The molecule has 17 nitrogen and oxygen atoms in total. The molecular weight excluding hydrogens is 766 g/mol. The summed E-state index contributed by atoms with van der Waals surface area (Å²) in [6, 6.07) is -1.05. The van der Waals surface area contributed by atoms with Gasteiger partial charge in [0.25, 0.3) is 0 Å². The standard InChI is InChI=1S/C42H79N5O12/c43-33-38(49)45-25-27-56-29-31-58-34-39(50)46-26-28-57-30-32-59-35-40(51)47-36(42(54)55)21-19-20-24-44-37(48)22-17-15-13-11-9-7-5-3-1-2-4-6-8-10-12-14-16-18-23-41(52)53/h36H,1-35,43H2,(H,44,48)(H,45,49)(H,46,50)(H,47,51)(H,52,53)(H,54,55). The highest BCUT2D eigenvalue weighted by Gasteiger charge is 2.19. The Morgan fingerprint density at radius 2 is 0.831 bits per heavy atom. The van der Waals surface area contributed by atoms with Gasteiger partial charge in [-0.15, -0.1) is 0 Å². The predicted molar refractivity (Wildman–Crippen MR) is 225 cm³/mol. The Bertz CT molecular complexity index is 1080. The maximum Gasteiger partial charge on any atom is 0.326 e. The summed E-state index contributed by atoms with van der Waals surface area (Å²) >= 11 is 0. The fraction of sp³-hybridized carbons (Fsp3) is 0.857. The number of nitrogens with two attached hydrogens (primary N) is 1. The van der Waals surface area contributed by atoms with Crippen LogP contribution in [0.2, 0.25) is 0 Å². The smallest absolute Gasteiger partial charge is 0.326 e. The van der Waals surface area contributed by atoms with Crippen LogP contribution in [-0.2, 0) is 47.7 Å². The number of nitrogens with one attached hydrogen (secondary N) is 4. The number of aliphatic carboxylic acids is 2. The van der Waals surface area contributed by atoms with Crippen molar-refractivity contribution in [1.29, 1.82) is 0 Å². The summed E-state index contributed by atoms with van der Waals surface area (Å²) in [6.45, 7) is 1.89. The van der Waals surface area contributed by atoms with Gasteiger partial charge in [-0.3, -0.25) is 24.0 Å². The Hall–Kier alpha value is -3.38. The Balaban J connectivity index is 3.58. The van der Waals surface area contributed by atoms with E-state index in [-0.39, 0.29) is 83.5 Å². The number of carboxylic acids is 2. The molecule has 0 aromatic carbocycles. The monoisotopic (exact) mass is 846 g/mol. The summed E-state index contributed by atoms with van der Waals surface area (Å²) in [6.07, 6.45) is 23.7. The zero-order chi connectivity index (χ0) is 43.4. The van der Waals surface area contributed by atoms with Crippen LogP contribution in [0.3, 0.4) is 0 Å². The Labute approximate surface area is 352 Å². The highest BCUT2D eigenvalue weighted by molar-refractivity contribution is 5.84. The number of carbonyl (C=O) groups is 6. The lowest BCUT2D eigenvalue weighted by atomic mass is 10.0. The third kappa shape index (κ3) is 42.5. The summed E-state index contributed by atoms with van der Waals surface area (Å²) < 4.78 is 21.1. The molecule has 0 bridgehead atoms. The number of ether oxygens (including phenoxy) is 4. The van der Waals surface area contributed by atoms with E-state index in [1.807, 2.05) is 0 Å². The van der Waals surface area contributed by atoms with Crippen LogP contribution in [0.15, 0.2) is 0 Å². The van der Waals surface area contributed by atoms with E-state index in [0.29, 0.717) is 45.4 Å². The zero-order valence-corrected chi connectivity index (χ0v) is 35.9. The molecular formula is C42H79N5O12.